The van der Waals surface area contributed by atoms with E-state index >= 15 is 0 Å². The molecule has 2 aliphatic heterocycles. The van der Waals surface area contributed by atoms with Crippen molar-refractivity contribution in [2.75, 3.05) is 18.1 Å². The van der Waals surface area contributed by atoms with Crippen LogP contribution in [0.3, 0.4) is 0 Å². The van der Waals surface area contributed by atoms with Gasteiger partial charge in [0.1, 0.15) is 5.82 Å². The van der Waals surface area contributed by atoms with Crippen LogP contribution < -0.4 is 4.90 Å². The molecule has 0 aliphatic carbocycles. The summed E-state index contributed by atoms with van der Waals surface area (Å²) in [4.78, 5) is 2.24. The number of hydrogen-bond donors (Lipinski definition) is 0. The molecular weight excluding hydrogens is 261 g/mol. The van der Waals surface area contributed by atoms with Gasteiger partial charge in [0.05, 0.1) is 23.2 Å². The Morgan fingerprint density at radius 1 is 1.47 bits per heavy atom. The van der Waals surface area contributed by atoms with E-state index in [-0.39, 0.29) is 5.82 Å². The van der Waals surface area contributed by atoms with E-state index in [4.69, 9.17) is 4.74 Å². The maximum atomic E-state index is 13.4. The fourth-order valence-electron chi connectivity index (χ4n) is 2.38. The van der Waals surface area contributed by atoms with Gasteiger partial charge in [0.25, 0.3) is 0 Å². The first-order valence-corrected chi connectivity index (χ1v) is 5.86. The van der Waals surface area contributed by atoms with Gasteiger partial charge < -0.3 is 9.64 Å². The molecule has 0 N–H and O–H groups in total. The van der Waals surface area contributed by atoms with E-state index in [1.54, 1.807) is 12.1 Å². The van der Waals surface area contributed by atoms with Gasteiger partial charge in [-0.2, -0.15) is 0 Å². The monoisotopic (exact) mass is 271 g/mol. The van der Waals surface area contributed by atoms with Crippen molar-refractivity contribution in [3.05, 3.63) is 28.5 Å². The van der Waals surface area contributed by atoms with Crippen LogP contribution in [0.5, 0.6) is 0 Å². The van der Waals surface area contributed by atoms with E-state index in [2.05, 4.69) is 20.8 Å². The van der Waals surface area contributed by atoms with Crippen LogP contribution in [0.25, 0.3) is 0 Å². The minimum atomic E-state index is -0.198. The lowest BCUT2D eigenvalue weighted by atomic mass is 10.2. The fourth-order valence-corrected chi connectivity index (χ4v) is 2.63. The highest BCUT2D eigenvalue weighted by atomic mass is 79.9. The maximum absolute atomic E-state index is 13.4. The minimum absolute atomic E-state index is 0.198. The van der Waals surface area contributed by atoms with E-state index in [0.717, 1.165) is 25.3 Å². The Hall–Kier alpha value is -0.610. The number of morpholine rings is 1. The van der Waals surface area contributed by atoms with Gasteiger partial charge >= 0.3 is 0 Å². The van der Waals surface area contributed by atoms with Gasteiger partial charge in [-0.3, -0.25) is 0 Å². The molecule has 2 nitrogen and oxygen atoms in total. The van der Waals surface area contributed by atoms with Crippen LogP contribution in [0.1, 0.15) is 6.42 Å². The van der Waals surface area contributed by atoms with Gasteiger partial charge in [-0.25, -0.2) is 4.39 Å². The van der Waals surface area contributed by atoms with E-state index in [1.165, 1.54) is 0 Å². The van der Waals surface area contributed by atoms with Gasteiger partial charge in [0.15, 0.2) is 0 Å². The van der Waals surface area contributed by atoms with E-state index < -0.39 is 0 Å². The molecular formula is C11H11BrFNO. The van der Waals surface area contributed by atoms with Crippen molar-refractivity contribution in [1.29, 1.82) is 0 Å². The number of benzene rings is 1. The molecule has 3 rings (SSSR count). The first kappa shape index (κ1) is 9.60. The van der Waals surface area contributed by atoms with Gasteiger partial charge in [-0.15, -0.1) is 0 Å². The molecule has 2 saturated heterocycles. The van der Waals surface area contributed by atoms with Gasteiger partial charge in [-0.1, -0.05) is 0 Å². The van der Waals surface area contributed by atoms with Crippen LogP contribution >= 0.6 is 15.9 Å². The van der Waals surface area contributed by atoms with Crippen molar-refractivity contribution in [2.45, 2.75) is 18.6 Å². The van der Waals surface area contributed by atoms with Crippen molar-refractivity contribution < 1.29 is 9.13 Å². The minimum Gasteiger partial charge on any atom is -0.374 e. The van der Waals surface area contributed by atoms with E-state index in [0.29, 0.717) is 16.6 Å². The van der Waals surface area contributed by atoms with Crippen molar-refractivity contribution in [3.63, 3.8) is 0 Å². The largest absolute Gasteiger partial charge is 0.374 e. The van der Waals surface area contributed by atoms with Crippen LogP contribution in [0, 0.1) is 5.82 Å². The maximum Gasteiger partial charge on any atom is 0.139 e. The molecule has 2 aliphatic rings. The zero-order valence-corrected chi connectivity index (χ0v) is 9.71. The fraction of sp³-hybridized carbons (Fsp3) is 0.455. The molecule has 0 saturated carbocycles. The summed E-state index contributed by atoms with van der Waals surface area (Å²) in [5.41, 5.74) is 0.964. The van der Waals surface area contributed by atoms with Crippen molar-refractivity contribution in [1.82, 2.24) is 0 Å². The lowest BCUT2D eigenvalue weighted by Crippen LogP contribution is -2.36. The topological polar surface area (TPSA) is 12.5 Å². The Balaban J connectivity index is 1.90. The number of nitrogens with zero attached hydrogens (tertiary/aromatic N) is 1. The summed E-state index contributed by atoms with van der Waals surface area (Å²) in [7, 11) is 0. The number of fused-ring (bicyclic) bond motifs is 2. The number of ether oxygens (including phenoxy) is 1. The Morgan fingerprint density at radius 2 is 2.33 bits per heavy atom. The predicted octanol–water partition coefficient (Wildman–Crippen LogP) is 2.57. The van der Waals surface area contributed by atoms with Crippen LogP contribution in [-0.4, -0.2) is 25.3 Å². The van der Waals surface area contributed by atoms with Crippen LogP contribution in [-0.2, 0) is 4.74 Å². The number of halogens is 2. The molecule has 1 aromatic rings. The molecule has 80 valence electrons. The normalized spacial score (nSPS) is 28.8. The van der Waals surface area contributed by atoms with Gasteiger partial charge in [0.2, 0.25) is 0 Å². The van der Waals surface area contributed by atoms with E-state index in [9.17, 15) is 4.39 Å². The first-order valence-electron chi connectivity index (χ1n) is 5.07. The highest BCUT2D eigenvalue weighted by Crippen LogP contribution is 2.33. The van der Waals surface area contributed by atoms with Crippen molar-refractivity contribution in [2.24, 2.45) is 0 Å². The number of anilines is 1. The molecule has 0 radical (unpaired) electrons. The molecule has 0 spiro atoms. The second-order valence-corrected chi connectivity index (χ2v) is 4.95. The first-order chi connectivity index (χ1) is 7.24. The Morgan fingerprint density at radius 3 is 2.93 bits per heavy atom. The number of rotatable bonds is 1. The summed E-state index contributed by atoms with van der Waals surface area (Å²) >= 11 is 3.16. The average Bonchev–Trinajstić information content (AvgIpc) is 2.83. The SMILES string of the molecule is Fc1cc(N2C[C@@H]3C[C@H]2CO3)ccc1Br. The second kappa shape index (κ2) is 3.46. The molecule has 0 aromatic heterocycles. The second-order valence-electron chi connectivity index (χ2n) is 4.10. The smallest absolute Gasteiger partial charge is 0.139 e. The Labute approximate surface area is 96.2 Å². The quantitative estimate of drug-likeness (QED) is 0.779. The highest BCUT2D eigenvalue weighted by molar-refractivity contribution is 9.10. The highest BCUT2D eigenvalue weighted by Gasteiger charge is 2.39. The molecule has 2 atom stereocenters. The molecule has 0 unspecified atom stereocenters. The van der Waals surface area contributed by atoms with Crippen molar-refractivity contribution in [3.8, 4) is 0 Å². The van der Waals surface area contributed by atoms with Crippen LogP contribution in [0.2, 0.25) is 0 Å². The van der Waals surface area contributed by atoms with Crippen LogP contribution in [0.15, 0.2) is 22.7 Å². The standard InChI is InChI=1S/C11H11BrFNO/c12-10-2-1-7(4-11(10)13)14-5-9-3-8(14)6-15-9/h1-2,4,8-9H,3,5-6H2/t8-,9-/m0/s1. The molecule has 2 heterocycles. The predicted molar refractivity (Wildman–Crippen MR) is 59.6 cm³/mol. The average molecular weight is 272 g/mol. The van der Waals surface area contributed by atoms with Crippen molar-refractivity contribution >= 4 is 21.6 Å². The summed E-state index contributed by atoms with van der Waals surface area (Å²) < 4.78 is 19.4. The van der Waals surface area contributed by atoms with E-state index in [1.807, 2.05) is 6.07 Å². The zero-order chi connectivity index (χ0) is 10.4. The number of hydrogen-bond acceptors (Lipinski definition) is 2. The Bertz CT molecular complexity index is 398. The zero-order valence-electron chi connectivity index (χ0n) is 8.12. The molecule has 2 bridgehead atoms. The summed E-state index contributed by atoms with van der Waals surface area (Å²) in [5.74, 6) is -0.198. The molecule has 15 heavy (non-hydrogen) atoms. The molecule has 2 fully saturated rings. The third-order valence-corrected chi connectivity index (χ3v) is 3.78. The summed E-state index contributed by atoms with van der Waals surface area (Å²) in [6.45, 7) is 1.67. The molecule has 1 aromatic carbocycles. The summed E-state index contributed by atoms with van der Waals surface area (Å²) in [5, 5.41) is 0. The molecule has 4 heteroatoms. The lowest BCUT2D eigenvalue weighted by molar-refractivity contribution is 0.0991. The third-order valence-electron chi connectivity index (χ3n) is 3.14. The Kier molecular flexibility index (Phi) is 2.21. The summed E-state index contributed by atoms with van der Waals surface area (Å²) in [6, 6.07) is 5.74. The molecule has 0 amide bonds. The van der Waals surface area contributed by atoms with Crippen LogP contribution in [0.4, 0.5) is 10.1 Å². The summed E-state index contributed by atoms with van der Waals surface area (Å²) in [6.07, 6.45) is 1.43. The van der Waals surface area contributed by atoms with Gasteiger partial charge in [0, 0.05) is 12.2 Å². The lowest BCUT2D eigenvalue weighted by Gasteiger charge is -2.29. The third kappa shape index (κ3) is 1.56. The van der Waals surface area contributed by atoms with Gasteiger partial charge in [-0.05, 0) is 40.5 Å².